The van der Waals surface area contributed by atoms with Gasteiger partial charge in [-0.15, -0.1) is 0 Å². The van der Waals surface area contributed by atoms with Crippen molar-refractivity contribution in [2.75, 3.05) is 6.54 Å². The summed E-state index contributed by atoms with van der Waals surface area (Å²) in [5, 5.41) is 3.23. The lowest BCUT2D eigenvalue weighted by atomic mass is 10.1. The summed E-state index contributed by atoms with van der Waals surface area (Å²) < 4.78 is 1.55. The number of nitrogens with one attached hydrogen (secondary N) is 1. The van der Waals surface area contributed by atoms with Gasteiger partial charge in [0.25, 0.3) is 5.56 Å². The van der Waals surface area contributed by atoms with Crippen LogP contribution in [0.1, 0.15) is 16.8 Å². The van der Waals surface area contributed by atoms with Crippen molar-refractivity contribution in [3.63, 3.8) is 0 Å². The molecule has 0 aliphatic carbocycles. The molecule has 0 spiro atoms. The van der Waals surface area contributed by atoms with E-state index in [2.05, 4.69) is 39.2 Å². The molecule has 2 aromatic heterocycles. The summed E-state index contributed by atoms with van der Waals surface area (Å²) in [6.07, 6.45) is 2.47. The number of aromatic amines is 1. The van der Waals surface area contributed by atoms with Gasteiger partial charge in [-0.3, -0.25) is 14.8 Å². The van der Waals surface area contributed by atoms with Gasteiger partial charge in [-0.05, 0) is 24.1 Å². The van der Waals surface area contributed by atoms with Crippen LogP contribution in [0.2, 0.25) is 0 Å². The number of pyridine rings is 1. The van der Waals surface area contributed by atoms with Gasteiger partial charge >= 0.3 is 0 Å². The van der Waals surface area contributed by atoms with Gasteiger partial charge in [-0.25, -0.2) is 9.67 Å². The normalized spacial score (nSPS) is 14.6. The monoisotopic (exact) mass is 306 g/mol. The van der Waals surface area contributed by atoms with Gasteiger partial charge in [0.15, 0.2) is 5.82 Å². The number of benzene rings is 1. The van der Waals surface area contributed by atoms with Crippen LogP contribution < -0.4 is 5.56 Å². The Kier molecular flexibility index (Phi) is 3.55. The second kappa shape index (κ2) is 5.85. The average Bonchev–Trinajstić information content (AvgIpc) is 2.93. The standard InChI is InChI=1S/C18H18N4O/c23-18-15-9-11-21(12-14-6-2-1-3-7-14)13-16(15)20-22(18)17-8-4-5-10-19-17/h1-8,10,20H,9,11-13H2. The number of nitrogens with zero attached hydrogens (tertiary/aromatic N) is 3. The Morgan fingerprint density at radius 3 is 2.70 bits per heavy atom. The summed E-state index contributed by atoms with van der Waals surface area (Å²) >= 11 is 0. The van der Waals surface area contributed by atoms with Gasteiger partial charge in [0.1, 0.15) is 0 Å². The van der Waals surface area contributed by atoms with Crippen LogP contribution in [0.3, 0.4) is 0 Å². The third-order valence-corrected chi connectivity index (χ3v) is 4.26. The molecule has 0 amide bonds. The molecule has 23 heavy (non-hydrogen) atoms. The highest BCUT2D eigenvalue weighted by Crippen LogP contribution is 2.17. The highest BCUT2D eigenvalue weighted by molar-refractivity contribution is 5.28. The molecule has 0 atom stereocenters. The highest BCUT2D eigenvalue weighted by atomic mass is 16.1. The molecular weight excluding hydrogens is 288 g/mol. The lowest BCUT2D eigenvalue weighted by molar-refractivity contribution is 0.242. The van der Waals surface area contributed by atoms with Gasteiger partial charge in [-0.1, -0.05) is 36.4 Å². The van der Waals surface area contributed by atoms with Crippen molar-refractivity contribution in [1.82, 2.24) is 19.7 Å². The molecule has 1 N–H and O–H groups in total. The number of rotatable bonds is 3. The Morgan fingerprint density at radius 2 is 1.91 bits per heavy atom. The molecule has 3 aromatic rings. The third-order valence-electron chi connectivity index (χ3n) is 4.26. The topological polar surface area (TPSA) is 53.9 Å². The molecule has 4 rings (SSSR count). The SMILES string of the molecule is O=c1c2c([nH]n1-c1ccccn1)CN(Cc1ccccc1)CC2. The zero-order chi connectivity index (χ0) is 15.6. The first kappa shape index (κ1) is 14.0. The van der Waals surface area contributed by atoms with Crippen LogP contribution in [0, 0.1) is 0 Å². The highest BCUT2D eigenvalue weighted by Gasteiger charge is 2.23. The maximum atomic E-state index is 12.6. The van der Waals surface area contributed by atoms with Crippen LogP contribution >= 0.6 is 0 Å². The minimum atomic E-state index is 0.0260. The Labute approximate surface area is 134 Å². The van der Waals surface area contributed by atoms with Gasteiger partial charge in [0.05, 0.1) is 5.69 Å². The molecule has 0 saturated heterocycles. The number of aromatic nitrogens is 3. The maximum Gasteiger partial charge on any atom is 0.276 e. The van der Waals surface area contributed by atoms with Gasteiger partial charge in [0, 0.05) is 31.4 Å². The summed E-state index contributed by atoms with van der Waals surface area (Å²) in [5.74, 6) is 0.640. The molecule has 0 fully saturated rings. The van der Waals surface area contributed by atoms with Crippen LogP contribution in [0.25, 0.3) is 5.82 Å². The van der Waals surface area contributed by atoms with Crippen LogP contribution in [0.15, 0.2) is 59.5 Å². The van der Waals surface area contributed by atoms with E-state index in [1.54, 1.807) is 10.9 Å². The smallest absolute Gasteiger partial charge is 0.276 e. The van der Waals surface area contributed by atoms with E-state index in [9.17, 15) is 4.79 Å². The van der Waals surface area contributed by atoms with E-state index in [0.29, 0.717) is 5.82 Å². The van der Waals surface area contributed by atoms with Crippen LogP contribution in [-0.4, -0.2) is 26.2 Å². The van der Waals surface area contributed by atoms with E-state index in [0.717, 1.165) is 37.3 Å². The predicted molar refractivity (Wildman–Crippen MR) is 88.4 cm³/mol. The number of fused-ring (bicyclic) bond motifs is 1. The second-order valence-corrected chi connectivity index (χ2v) is 5.84. The van der Waals surface area contributed by atoms with Crippen molar-refractivity contribution in [3.05, 3.63) is 81.9 Å². The molecule has 0 radical (unpaired) electrons. The maximum absolute atomic E-state index is 12.6. The fourth-order valence-corrected chi connectivity index (χ4v) is 3.10. The summed E-state index contributed by atoms with van der Waals surface area (Å²) in [5.41, 5.74) is 3.21. The van der Waals surface area contributed by atoms with E-state index >= 15 is 0 Å². The van der Waals surface area contributed by atoms with Crippen molar-refractivity contribution in [2.45, 2.75) is 19.5 Å². The van der Waals surface area contributed by atoms with Crippen molar-refractivity contribution in [2.24, 2.45) is 0 Å². The van der Waals surface area contributed by atoms with Crippen LogP contribution in [-0.2, 0) is 19.5 Å². The second-order valence-electron chi connectivity index (χ2n) is 5.84. The van der Waals surface area contributed by atoms with E-state index < -0.39 is 0 Å². The number of hydrogen-bond donors (Lipinski definition) is 1. The van der Waals surface area contributed by atoms with E-state index in [4.69, 9.17) is 0 Å². The van der Waals surface area contributed by atoms with Crippen molar-refractivity contribution in [3.8, 4) is 5.82 Å². The fourth-order valence-electron chi connectivity index (χ4n) is 3.10. The summed E-state index contributed by atoms with van der Waals surface area (Å²) in [6.45, 7) is 2.56. The number of hydrogen-bond acceptors (Lipinski definition) is 3. The van der Waals surface area contributed by atoms with Crippen molar-refractivity contribution in [1.29, 1.82) is 0 Å². The zero-order valence-electron chi connectivity index (χ0n) is 12.8. The molecule has 1 aliphatic rings. The first-order valence-electron chi connectivity index (χ1n) is 7.82. The summed E-state index contributed by atoms with van der Waals surface area (Å²) in [4.78, 5) is 19.2. The fraction of sp³-hybridized carbons (Fsp3) is 0.222. The first-order valence-corrected chi connectivity index (χ1v) is 7.82. The van der Waals surface area contributed by atoms with Gasteiger partial charge < -0.3 is 0 Å². The Bertz CT molecular complexity index is 852. The molecular formula is C18H18N4O. The number of H-pyrrole nitrogens is 1. The molecule has 1 aromatic carbocycles. The molecule has 5 nitrogen and oxygen atoms in total. The first-order chi connectivity index (χ1) is 11.3. The Morgan fingerprint density at radius 1 is 1.09 bits per heavy atom. The quantitative estimate of drug-likeness (QED) is 0.806. The van der Waals surface area contributed by atoms with Crippen LogP contribution in [0.4, 0.5) is 0 Å². The third kappa shape index (κ3) is 2.71. The molecule has 116 valence electrons. The molecule has 0 bridgehead atoms. The van der Waals surface area contributed by atoms with Gasteiger partial charge in [0.2, 0.25) is 0 Å². The van der Waals surface area contributed by atoms with E-state index in [1.807, 2.05) is 24.3 Å². The summed E-state index contributed by atoms with van der Waals surface area (Å²) in [7, 11) is 0. The van der Waals surface area contributed by atoms with Crippen molar-refractivity contribution >= 4 is 0 Å². The molecule has 0 saturated carbocycles. The Balaban J connectivity index is 1.60. The average molecular weight is 306 g/mol. The largest absolute Gasteiger partial charge is 0.293 e. The zero-order valence-corrected chi connectivity index (χ0v) is 12.8. The molecule has 1 aliphatic heterocycles. The van der Waals surface area contributed by atoms with Crippen LogP contribution in [0.5, 0.6) is 0 Å². The molecule has 3 heterocycles. The lowest BCUT2D eigenvalue weighted by Crippen LogP contribution is -2.31. The minimum absolute atomic E-state index is 0.0260. The van der Waals surface area contributed by atoms with E-state index in [-0.39, 0.29) is 5.56 Å². The Hall–Kier alpha value is -2.66. The molecule has 5 heteroatoms. The molecule has 0 unspecified atom stereocenters. The minimum Gasteiger partial charge on any atom is -0.293 e. The lowest BCUT2D eigenvalue weighted by Gasteiger charge is -2.25. The van der Waals surface area contributed by atoms with E-state index in [1.165, 1.54) is 5.56 Å². The summed E-state index contributed by atoms with van der Waals surface area (Å²) in [6, 6.07) is 16.0. The predicted octanol–water partition coefficient (Wildman–Crippen LogP) is 2.12. The van der Waals surface area contributed by atoms with Crippen molar-refractivity contribution < 1.29 is 0 Å². The van der Waals surface area contributed by atoms with Gasteiger partial charge in [-0.2, -0.15) is 0 Å².